The second-order valence-electron chi connectivity index (χ2n) is 4.26. The average Bonchev–Trinajstić information content (AvgIpc) is 2.93. The molecule has 19 heavy (non-hydrogen) atoms. The largest absolute Gasteiger partial charge is 0.355 e. The maximum absolute atomic E-state index is 11.9. The van der Waals surface area contributed by atoms with Gasteiger partial charge in [0.2, 0.25) is 5.91 Å². The normalized spacial score (nSPS) is 16.4. The summed E-state index contributed by atoms with van der Waals surface area (Å²) >= 11 is 0. The van der Waals surface area contributed by atoms with Gasteiger partial charge in [-0.25, -0.2) is 0 Å². The molecule has 0 unspecified atom stereocenters. The Labute approximate surface area is 110 Å². The predicted octanol–water partition coefficient (Wildman–Crippen LogP) is -1.91. The second kappa shape index (κ2) is 6.23. The molecule has 1 fully saturated rings. The van der Waals surface area contributed by atoms with Gasteiger partial charge in [-0.3, -0.25) is 14.5 Å². The number of hydrogen-bond acceptors (Lipinski definition) is 6. The molecule has 0 saturated carbocycles. The predicted molar refractivity (Wildman–Crippen MR) is 65.2 cm³/mol. The minimum absolute atomic E-state index is 0.0143. The minimum Gasteiger partial charge on any atom is -0.355 e. The van der Waals surface area contributed by atoms with Crippen molar-refractivity contribution in [2.45, 2.75) is 6.92 Å². The number of carbonyl (C=O) groups is 2. The van der Waals surface area contributed by atoms with Crippen LogP contribution in [0.25, 0.3) is 0 Å². The van der Waals surface area contributed by atoms with Crippen LogP contribution in [0, 0.1) is 0 Å². The van der Waals surface area contributed by atoms with Crippen LogP contribution in [0.1, 0.15) is 17.5 Å². The molecule has 104 valence electrons. The highest BCUT2D eigenvalue weighted by Gasteiger charge is 2.25. The van der Waals surface area contributed by atoms with E-state index in [-0.39, 0.29) is 17.6 Å². The van der Waals surface area contributed by atoms with Crippen LogP contribution in [0.4, 0.5) is 0 Å². The molecule has 0 radical (unpaired) electrons. The van der Waals surface area contributed by atoms with Crippen molar-refractivity contribution in [2.75, 3.05) is 39.3 Å². The Kier molecular flexibility index (Phi) is 4.39. The number of piperazine rings is 1. The fourth-order valence-corrected chi connectivity index (χ4v) is 1.96. The molecule has 2 heterocycles. The van der Waals surface area contributed by atoms with Crippen LogP contribution in [0.15, 0.2) is 0 Å². The fraction of sp³-hybridized carbons (Fsp3) is 0.700. The van der Waals surface area contributed by atoms with Gasteiger partial charge in [-0.15, -0.1) is 10.2 Å². The molecule has 0 spiro atoms. The maximum atomic E-state index is 11.9. The SMILES string of the molecule is CCNC(=O)CN1CCN(C(=O)c2nn[nH]n2)CC1. The Balaban J connectivity index is 1.79. The van der Waals surface area contributed by atoms with Gasteiger partial charge in [0.1, 0.15) is 0 Å². The van der Waals surface area contributed by atoms with Crippen molar-refractivity contribution < 1.29 is 9.59 Å². The van der Waals surface area contributed by atoms with E-state index in [4.69, 9.17) is 0 Å². The van der Waals surface area contributed by atoms with Crippen molar-refractivity contribution in [1.29, 1.82) is 0 Å². The summed E-state index contributed by atoms with van der Waals surface area (Å²) in [5.41, 5.74) is 0. The summed E-state index contributed by atoms with van der Waals surface area (Å²) in [4.78, 5) is 27.1. The first-order valence-corrected chi connectivity index (χ1v) is 6.22. The number of tetrazole rings is 1. The van der Waals surface area contributed by atoms with Gasteiger partial charge in [0, 0.05) is 32.7 Å². The summed E-state index contributed by atoms with van der Waals surface area (Å²) in [7, 11) is 0. The Hall–Kier alpha value is -2.03. The van der Waals surface area contributed by atoms with Gasteiger partial charge >= 0.3 is 0 Å². The quantitative estimate of drug-likeness (QED) is 0.659. The highest BCUT2D eigenvalue weighted by molar-refractivity contribution is 5.90. The first-order chi connectivity index (χ1) is 9.20. The summed E-state index contributed by atoms with van der Waals surface area (Å²) in [6.07, 6.45) is 0. The number of nitrogens with zero attached hydrogens (tertiary/aromatic N) is 5. The Morgan fingerprint density at radius 2 is 2.05 bits per heavy atom. The molecule has 9 heteroatoms. The molecule has 0 aliphatic carbocycles. The van der Waals surface area contributed by atoms with Gasteiger partial charge in [0.25, 0.3) is 11.7 Å². The molecule has 2 N–H and O–H groups in total. The number of likely N-dealkylation sites (N-methyl/N-ethyl adjacent to an activating group) is 1. The summed E-state index contributed by atoms with van der Waals surface area (Å²) in [5, 5.41) is 15.7. The number of rotatable bonds is 4. The summed E-state index contributed by atoms with van der Waals surface area (Å²) in [6, 6.07) is 0. The first-order valence-electron chi connectivity index (χ1n) is 6.22. The van der Waals surface area contributed by atoms with Crippen LogP contribution < -0.4 is 5.32 Å². The van der Waals surface area contributed by atoms with E-state index in [0.29, 0.717) is 39.3 Å². The van der Waals surface area contributed by atoms with Crippen LogP contribution in [0.2, 0.25) is 0 Å². The van der Waals surface area contributed by atoms with E-state index in [0.717, 1.165) is 0 Å². The smallest absolute Gasteiger partial charge is 0.295 e. The second-order valence-corrected chi connectivity index (χ2v) is 4.26. The van der Waals surface area contributed by atoms with E-state index in [9.17, 15) is 9.59 Å². The van der Waals surface area contributed by atoms with E-state index in [2.05, 4.69) is 25.9 Å². The monoisotopic (exact) mass is 267 g/mol. The number of H-pyrrole nitrogens is 1. The molecular formula is C10H17N7O2. The molecule has 1 aromatic heterocycles. The van der Waals surface area contributed by atoms with E-state index in [1.807, 2.05) is 11.8 Å². The molecule has 1 aromatic rings. The summed E-state index contributed by atoms with van der Waals surface area (Å²) in [6.45, 7) is 5.35. The molecule has 2 amide bonds. The van der Waals surface area contributed by atoms with Crippen molar-refractivity contribution in [3.63, 3.8) is 0 Å². The highest BCUT2D eigenvalue weighted by Crippen LogP contribution is 2.04. The third-order valence-electron chi connectivity index (χ3n) is 2.94. The topological polar surface area (TPSA) is 107 Å². The van der Waals surface area contributed by atoms with Crippen LogP contribution >= 0.6 is 0 Å². The van der Waals surface area contributed by atoms with Crippen LogP contribution in [-0.2, 0) is 4.79 Å². The summed E-state index contributed by atoms with van der Waals surface area (Å²) < 4.78 is 0. The zero-order valence-corrected chi connectivity index (χ0v) is 10.8. The number of aromatic nitrogens is 4. The van der Waals surface area contributed by atoms with Gasteiger partial charge in [0.05, 0.1) is 6.54 Å². The minimum atomic E-state index is -0.230. The third-order valence-corrected chi connectivity index (χ3v) is 2.94. The lowest BCUT2D eigenvalue weighted by molar-refractivity contribution is -0.122. The zero-order valence-electron chi connectivity index (χ0n) is 10.8. The average molecular weight is 267 g/mol. The van der Waals surface area contributed by atoms with Gasteiger partial charge in [0.15, 0.2) is 0 Å². The molecule has 0 aromatic carbocycles. The Bertz CT molecular complexity index is 425. The van der Waals surface area contributed by atoms with Crippen molar-refractivity contribution in [3.8, 4) is 0 Å². The van der Waals surface area contributed by atoms with E-state index in [1.165, 1.54) is 0 Å². The van der Waals surface area contributed by atoms with Crippen molar-refractivity contribution >= 4 is 11.8 Å². The van der Waals surface area contributed by atoms with Crippen molar-refractivity contribution in [3.05, 3.63) is 5.82 Å². The van der Waals surface area contributed by atoms with Crippen LogP contribution in [-0.4, -0.2) is 81.5 Å². The third kappa shape index (κ3) is 3.47. The molecule has 0 bridgehead atoms. The fourth-order valence-electron chi connectivity index (χ4n) is 1.96. The molecule has 0 atom stereocenters. The maximum Gasteiger partial charge on any atom is 0.295 e. The van der Waals surface area contributed by atoms with E-state index in [1.54, 1.807) is 4.90 Å². The molecule has 1 saturated heterocycles. The lowest BCUT2D eigenvalue weighted by Gasteiger charge is -2.33. The lowest BCUT2D eigenvalue weighted by Crippen LogP contribution is -2.51. The first kappa shape index (κ1) is 13.4. The standard InChI is InChI=1S/C10H17N7O2/c1-2-11-8(18)7-16-3-5-17(6-4-16)10(19)9-12-14-15-13-9/h2-7H2,1H3,(H,11,18)(H,12,13,14,15). The zero-order chi connectivity index (χ0) is 13.7. The molecular weight excluding hydrogens is 250 g/mol. The van der Waals surface area contributed by atoms with E-state index < -0.39 is 0 Å². The number of aromatic amines is 1. The Morgan fingerprint density at radius 3 is 2.63 bits per heavy atom. The molecule has 9 nitrogen and oxygen atoms in total. The van der Waals surface area contributed by atoms with Gasteiger partial charge in [-0.2, -0.15) is 5.21 Å². The number of amides is 2. The highest BCUT2D eigenvalue weighted by atomic mass is 16.2. The van der Waals surface area contributed by atoms with Crippen LogP contribution in [0.3, 0.4) is 0 Å². The van der Waals surface area contributed by atoms with E-state index >= 15 is 0 Å². The molecule has 2 rings (SSSR count). The molecule has 1 aliphatic rings. The number of hydrogen-bond donors (Lipinski definition) is 2. The van der Waals surface area contributed by atoms with Gasteiger partial charge in [-0.05, 0) is 12.1 Å². The van der Waals surface area contributed by atoms with Crippen molar-refractivity contribution in [1.82, 2.24) is 35.7 Å². The van der Waals surface area contributed by atoms with Gasteiger partial charge < -0.3 is 10.2 Å². The van der Waals surface area contributed by atoms with Gasteiger partial charge in [-0.1, -0.05) is 0 Å². The number of nitrogens with one attached hydrogen (secondary N) is 2. The summed E-state index contributed by atoms with van der Waals surface area (Å²) in [5.74, 6) is -0.135. The van der Waals surface area contributed by atoms with Crippen LogP contribution in [0.5, 0.6) is 0 Å². The van der Waals surface area contributed by atoms with Crippen molar-refractivity contribution in [2.24, 2.45) is 0 Å². The molecule has 1 aliphatic heterocycles. The lowest BCUT2D eigenvalue weighted by atomic mass is 10.3. The number of carbonyl (C=O) groups excluding carboxylic acids is 2. The Morgan fingerprint density at radius 1 is 1.32 bits per heavy atom.